The lowest BCUT2D eigenvalue weighted by Gasteiger charge is -2.12. The Hall–Kier alpha value is -1.03. The van der Waals surface area contributed by atoms with E-state index in [0.29, 0.717) is 11.6 Å². The maximum absolute atomic E-state index is 6.09. The number of hydrogen-bond acceptors (Lipinski definition) is 2. The predicted molar refractivity (Wildman–Crippen MR) is 82.5 cm³/mol. The zero-order valence-corrected chi connectivity index (χ0v) is 12.9. The van der Waals surface area contributed by atoms with E-state index in [1.165, 1.54) is 0 Å². The maximum atomic E-state index is 6.09. The van der Waals surface area contributed by atoms with Crippen LogP contribution >= 0.6 is 27.5 Å². The average Bonchev–Trinajstić information content (AvgIpc) is 2.39. The molecule has 4 heteroatoms. The van der Waals surface area contributed by atoms with E-state index in [-0.39, 0.29) is 6.04 Å². The van der Waals surface area contributed by atoms with Crippen LogP contribution in [0.15, 0.2) is 46.9 Å². The van der Waals surface area contributed by atoms with Gasteiger partial charge in [-0.3, -0.25) is 0 Å². The molecule has 1 unspecified atom stereocenters. The fourth-order valence-corrected chi connectivity index (χ4v) is 2.39. The summed E-state index contributed by atoms with van der Waals surface area (Å²) in [7, 11) is 0. The number of ether oxygens (including phenoxy) is 1. The van der Waals surface area contributed by atoms with E-state index in [4.69, 9.17) is 22.1 Å². The highest BCUT2D eigenvalue weighted by Gasteiger charge is 2.06. The zero-order chi connectivity index (χ0) is 13.8. The predicted octanol–water partition coefficient (Wildman–Crippen LogP) is 4.70. The molecule has 0 fully saturated rings. The van der Waals surface area contributed by atoms with Crippen LogP contribution < -0.4 is 10.5 Å². The van der Waals surface area contributed by atoms with Gasteiger partial charge in [0.1, 0.15) is 12.4 Å². The summed E-state index contributed by atoms with van der Waals surface area (Å²) in [5.74, 6) is 0.782. The highest BCUT2D eigenvalue weighted by molar-refractivity contribution is 9.10. The molecule has 2 N–H and O–H groups in total. The number of benzene rings is 2. The van der Waals surface area contributed by atoms with Gasteiger partial charge >= 0.3 is 0 Å². The second-order valence-corrected chi connectivity index (χ2v) is 5.62. The molecule has 0 saturated heterocycles. The summed E-state index contributed by atoms with van der Waals surface area (Å²) in [5, 5.41) is 0.714. The third-order valence-corrected chi connectivity index (χ3v) is 3.81. The molecule has 0 aromatic heterocycles. The molecular formula is C15H15BrClNO. The fourth-order valence-electron chi connectivity index (χ4n) is 1.69. The SMILES string of the molecule is CC(N)c1ccc(OCc2ccccc2Cl)c(Br)c1. The Kier molecular flexibility index (Phi) is 4.86. The molecule has 0 radical (unpaired) electrons. The molecule has 0 saturated carbocycles. The summed E-state index contributed by atoms with van der Waals surface area (Å²) in [6.45, 7) is 2.39. The Balaban J connectivity index is 2.10. The van der Waals surface area contributed by atoms with Gasteiger partial charge in [0.05, 0.1) is 4.47 Å². The van der Waals surface area contributed by atoms with Gasteiger partial charge in [-0.05, 0) is 46.6 Å². The summed E-state index contributed by atoms with van der Waals surface area (Å²) in [4.78, 5) is 0. The van der Waals surface area contributed by atoms with Crippen molar-refractivity contribution in [3.05, 3.63) is 63.1 Å². The molecule has 2 aromatic carbocycles. The van der Waals surface area contributed by atoms with E-state index >= 15 is 0 Å². The van der Waals surface area contributed by atoms with Crippen LogP contribution in [0.3, 0.4) is 0 Å². The number of halogens is 2. The highest BCUT2D eigenvalue weighted by atomic mass is 79.9. The fraction of sp³-hybridized carbons (Fsp3) is 0.200. The van der Waals surface area contributed by atoms with Crippen molar-refractivity contribution in [2.75, 3.05) is 0 Å². The normalized spacial score (nSPS) is 12.2. The van der Waals surface area contributed by atoms with Crippen molar-refractivity contribution in [3.63, 3.8) is 0 Å². The molecular weight excluding hydrogens is 326 g/mol. The lowest BCUT2D eigenvalue weighted by atomic mass is 10.1. The van der Waals surface area contributed by atoms with Crippen molar-refractivity contribution in [1.29, 1.82) is 0 Å². The van der Waals surface area contributed by atoms with E-state index < -0.39 is 0 Å². The van der Waals surface area contributed by atoms with Gasteiger partial charge < -0.3 is 10.5 Å². The quantitative estimate of drug-likeness (QED) is 0.875. The van der Waals surface area contributed by atoms with E-state index in [0.717, 1.165) is 21.3 Å². The van der Waals surface area contributed by atoms with Crippen LogP contribution in [-0.4, -0.2) is 0 Å². The van der Waals surface area contributed by atoms with Crippen LogP contribution in [0, 0.1) is 0 Å². The average molecular weight is 341 g/mol. The largest absolute Gasteiger partial charge is 0.488 e. The highest BCUT2D eigenvalue weighted by Crippen LogP contribution is 2.29. The number of nitrogens with two attached hydrogens (primary N) is 1. The van der Waals surface area contributed by atoms with Gasteiger partial charge in [0.2, 0.25) is 0 Å². The van der Waals surface area contributed by atoms with Crippen LogP contribution in [0.5, 0.6) is 5.75 Å². The molecule has 19 heavy (non-hydrogen) atoms. The summed E-state index contributed by atoms with van der Waals surface area (Å²) < 4.78 is 6.66. The molecule has 0 spiro atoms. The molecule has 0 bridgehead atoms. The standard InChI is InChI=1S/C15H15BrClNO/c1-10(18)11-6-7-15(13(16)8-11)19-9-12-4-2-3-5-14(12)17/h2-8,10H,9,18H2,1H3. The van der Waals surface area contributed by atoms with Crippen LogP contribution in [-0.2, 0) is 6.61 Å². The Morgan fingerprint density at radius 2 is 2.00 bits per heavy atom. The maximum Gasteiger partial charge on any atom is 0.134 e. The first-order valence-corrected chi connectivity index (χ1v) is 7.16. The summed E-state index contributed by atoms with van der Waals surface area (Å²) >= 11 is 9.58. The van der Waals surface area contributed by atoms with Crippen molar-refractivity contribution >= 4 is 27.5 Å². The second-order valence-electron chi connectivity index (χ2n) is 4.36. The Bertz CT molecular complexity index is 572. The lowest BCUT2D eigenvalue weighted by Crippen LogP contribution is -2.05. The molecule has 0 amide bonds. The Morgan fingerprint density at radius 3 is 2.63 bits per heavy atom. The monoisotopic (exact) mass is 339 g/mol. The van der Waals surface area contributed by atoms with Gasteiger partial charge in [0.25, 0.3) is 0 Å². The topological polar surface area (TPSA) is 35.2 Å². The molecule has 0 aliphatic rings. The second kappa shape index (κ2) is 6.42. The Labute approximate surface area is 126 Å². The first kappa shape index (κ1) is 14.4. The minimum absolute atomic E-state index is 0.00826. The zero-order valence-electron chi connectivity index (χ0n) is 10.6. The van der Waals surface area contributed by atoms with Crippen LogP contribution in [0.4, 0.5) is 0 Å². The summed E-state index contributed by atoms with van der Waals surface area (Å²) in [6.07, 6.45) is 0. The van der Waals surface area contributed by atoms with Gasteiger partial charge in [0, 0.05) is 16.6 Å². The van der Waals surface area contributed by atoms with Crippen molar-refractivity contribution in [1.82, 2.24) is 0 Å². The van der Waals surface area contributed by atoms with Crippen LogP contribution in [0.2, 0.25) is 5.02 Å². The van der Waals surface area contributed by atoms with E-state index in [1.54, 1.807) is 0 Å². The smallest absolute Gasteiger partial charge is 0.134 e. The van der Waals surface area contributed by atoms with E-state index in [1.807, 2.05) is 49.4 Å². The van der Waals surface area contributed by atoms with Gasteiger partial charge in [0.15, 0.2) is 0 Å². The Morgan fingerprint density at radius 1 is 1.26 bits per heavy atom. The van der Waals surface area contributed by atoms with Crippen molar-refractivity contribution in [2.45, 2.75) is 19.6 Å². The van der Waals surface area contributed by atoms with Gasteiger partial charge in [-0.25, -0.2) is 0 Å². The van der Waals surface area contributed by atoms with E-state index in [9.17, 15) is 0 Å². The third kappa shape index (κ3) is 3.72. The van der Waals surface area contributed by atoms with Crippen LogP contribution in [0.25, 0.3) is 0 Å². The van der Waals surface area contributed by atoms with Crippen molar-refractivity contribution in [3.8, 4) is 5.75 Å². The molecule has 2 rings (SSSR count). The molecule has 0 aliphatic carbocycles. The summed E-state index contributed by atoms with van der Waals surface area (Å²) in [6, 6.07) is 13.5. The third-order valence-electron chi connectivity index (χ3n) is 2.82. The molecule has 100 valence electrons. The van der Waals surface area contributed by atoms with Crippen LogP contribution in [0.1, 0.15) is 24.1 Å². The first-order chi connectivity index (χ1) is 9.08. The summed E-state index contributed by atoms with van der Waals surface area (Å²) in [5.41, 5.74) is 7.87. The van der Waals surface area contributed by atoms with Gasteiger partial charge in [-0.15, -0.1) is 0 Å². The van der Waals surface area contributed by atoms with E-state index in [2.05, 4.69) is 15.9 Å². The molecule has 2 nitrogen and oxygen atoms in total. The number of rotatable bonds is 4. The number of hydrogen-bond donors (Lipinski definition) is 1. The van der Waals surface area contributed by atoms with Gasteiger partial charge in [-0.1, -0.05) is 35.9 Å². The first-order valence-electron chi connectivity index (χ1n) is 5.99. The van der Waals surface area contributed by atoms with Crippen molar-refractivity contribution in [2.24, 2.45) is 5.73 Å². The van der Waals surface area contributed by atoms with Crippen molar-refractivity contribution < 1.29 is 4.74 Å². The molecule has 0 aliphatic heterocycles. The lowest BCUT2D eigenvalue weighted by molar-refractivity contribution is 0.304. The minimum atomic E-state index is 0.00826. The molecule has 1 atom stereocenters. The molecule has 0 heterocycles. The van der Waals surface area contributed by atoms with Gasteiger partial charge in [-0.2, -0.15) is 0 Å². The molecule has 2 aromatic rings. The minimum Gasteiger partial charge on any atom is -0.488 e.